The Kier molecular flexibility index (Phi) is 3.24. The molecule has 1 saturated carbocycles. The first-order valence-electron chi connectivity index (χ1n) is 6.92. The Morgan fingerprint density at radius 2 is 2.12 bits per heavy atom. The zero-order chi connectivity index (χ0) is 12.8. The Bertz CT molecular complexity index is 349. The van der Waals surface area contributed by atoms with E-state index in [1.54, 1.807) is 0 Å². The third kappa shape index (κ3) is 2.22. The minimum absolute atomic E-state index is 0.375. The van der Waals surface area contributed by atoms with Gasteiger partial charge in [0.25, 0.3) is 0 Å². The molecule has 2 rings (SSSR count). The Morgan fingerprint density at radius 3 is 2.71 bits per heavy atom. The third-order valence-corrected chi connectivity index (χ3v) is 5.06. The van der Waals surface area contributed by atoms with Crippen LogP contribution >= 0.6 is 0 Å². The second-order valence-corrected chi connectivity index (χ2v) is 6.64. The third-order valence-electron chi connectivity index (χ3n) is 5.06. The van der Waals surface area contributed by atoms with E-state index in [-0.39, 0.29) is 0 Å². The summed E-state index contributed by atoms with van der Waals surface area (Å²) in [5.74, 6) is 2.35. The van der Waals surface area contributed by atoms with Crippen LogP contribution < -0.4 is 0 Å². The summed E-state index contributed by atoms with van der Waals surface area (Å²) in [7, 11) is 0. The van der Waals surface area contributed by atoms with Crippen molar-refractivity contribution in [1.29, 1.82) is 0 Å². The fraction of sp³-hybridized carbons (Fsp3) is 0.750. The van der Waals surface area contributed by atoms with Crippen molar-refractivity contribution in [3.63, 3.8) is 0 Å². The maximum Gasteiger partial charge on any atom is 0.0656 e. The topological polar surface area (TPSA) is 20.2 Å². The first kappa shape index (κ1) is 12.9. The van der Waals surface area contributed by atoms with Gasteiger partial charge in [0.1, 0.15) is 0 Å². The average molecular weight is 234 g/mol. The van der Waals surface area contributed by atoms with Gasteiger partial charge in [-0.15, -0.1) is 0 Å². The van der Waals surface area contributed by atoms with E-state index in [2.05, 4.69) is 33.4 Å². The molecule has 2 aliphatic carbocycles. The Balaban J connectivity index is 2.35. The fourth-order valence-corrected chi connectivity index (χ4v) is 3.76. The van der Waals surface area contributed by atoms with Crippen LogP contribution in [0.2, 0.25) is 0 Å². The first-order chi connectivity index (χ1) is 7.83. The van der Waals surface area contributed by atoms with Crippen molar-refractivity contribution in [3.8, 4) is 0 Å². The van der Waals surface area contributed by atoms with E-state index in [0.717, 1.165) is 25.2 Å². The number of allylic oxidation sites excluding steroid dienone is 3. The van der Waals surface area contributed by atoms with E-state index in [1.165, 1.54) is 11.1 Å². The van der Waals surface area contributed by atoms with Crippen LogP contribution in [-0.4, -0.2) is 10.7 Å². The summed E-state index contributed by atoms with van der Waals surface area (Å²) >= 11 is 0. The van der Waals surface area contributed by atoms with Crippen molar-refractivity contribution in [2.24, 2.45) is 23.7 Å². The maximum atomic E-state index is 10.6. The molecule has 0 aromatic rings. The zero-order valence-electron chi connectivity index (χ0n) is 11.7. The van der Waals surface area contributed by atoms with Crippen LogP contribution in [-0.2, 0) is 0 Å². The molecule has 0 heterocycles. The minimum atomic E-state index is -0.504. The van der Waals surface area contributed by atoms with Gasteiger partial charge >= 0.3 is 0 Å². The number of aliphatic hydroxyl groups is 1. The van der Waals surface area contributed by atoms with Crippen LogP contribution in [0.5, 0.6) is 0 Å². The molecule has 0 amide bonds. The van der Waals surface area contributed by atoms with Crippen molar-refractivity contribution < 1.29 is 5.11 Å². The summed E-state index contributed by atoms with van der Waals surface area (Å²) < 4.78 is 0. The molecule has 0 aromatic heterocycles. The van der Waals surface area contributed by atoms with Gasteiger partial charge in [-0.3, -0.25) is 0 Å². The van der Waals surface area contributed by atoms with E-state index in [1.807, 2.05) is 6.92 Å². The number of hydrogen-bond donors (Lipinski definition) is 1. The molecule has 0 bridgehead atoms. The molecule has 0 spiro atoms. The largest absolute Gasteiger partial charge is 0.390 e. The van der Waals surface area contributed by atoms with Crippen molar-refractivity contribution in [1.82, 2.24) is 0 Å². The van der Waals surface area contributed by atoms with Gasteiger partial charge in [-0.2, -0.15) is 0 Å². The van der Waals surface area contributed by atoms with Crippen molar-refractivity contribution >= 4 is 0 Å². The highest BCUT2D eigenvalue weighted by Crippen LogP contribution is 2.50. The lowest BCUT2D eigenvalue weighted by Gasteiger charge is -2.49. The van der Waals surface area contributed by atoms with Gasteiger partial charge < -0.3 is 5.11 Å². The molecule has 4 atom stereocenters. The molecule has 96 valence electrons. The number of rotatable bonds is 1. The molecule has 4 unspecified atom stereocenters. The van der Waals surface area contributed by atoms with Crippen LogP contribution in [0, 0.1) is 23.7 Å². The predicted molar refractivity (Wildman–Crippen MR) is 72.7 cm³/mol. The van der Waals surface area contributed by atoms with Crippen LogP contribution in [0.25, 0.3) is 0 Å². The van der Waals surface area contributed by atoms with Gasteiger partial charge in [0.05, 0.1) is 5.60 Å². The molecule has 0 radical (unpaired) electrons. The molecule has 0 aromatic carbocycles. The average Bonchev–Trinajstić information content (AvgIpc) is 2.20. The van der Waals surface area contributed by atoms with E-state index in [4.69, 9.17) is 0 Å². The first-order valence-corrected chi connectivity index (χ1v) is 6.92. The van der Waals surface area contributed by atoms with Crippen molar-refractivity contribution in [3.05, 3.63) is 23.8 Å². The van der Waals surface area contributed by atoms with Gasteiger partial charge in [-0.25, -0.2) is 0 Å². The van der Waals surface area contributed by atoms with Gasteiger partial charge in [0, 0.05) is 0 Å². The minimum Gasteiger partial charge on any atom is -0.390 e. The second kappa shape index (κ2) is 4.28. The van der Waals surface area contributed by atoms with Crippen LogP contribution in [0.4, 0.5) is 0 Å². The summed E-state index contributed by atoms with van der Waals surface area (Å²) in [6.07, 6.45) is 5.46. The maximum absolute atomic E-state index is 10.6. The Labute approximate surface area is 106 Å². The van der Waals surface area contributed by atoms with E-state index in [9.17, 15) is 5.11 Å². The van der Waals surface area contributed by atoms with Crippen LogP contribution in [0.1, 0.15) is 47.0 Å². The fourth-order valence-electron chi connectivity index (χ4n) is 3.76. The van der Waals surface area contributed by atoms with Gasteiger partial charge in [0.2, 0.25) is 0 Å². The summed E-state index contributed by atoms with van der Waals surface area (Å²) in [4.78, 5) is 0. The zero-order valence-corrected chi connectivity index (χ0v) is 11.7. The highest BCUT2D eigenvalue weighted by Gasteiger charge is 2.46. The lowest BCUT2D eigenvalue weighted by molar-refractivity contribution is -0.0763. The van der Waals surface area contributed by atoms with Crippen LogP contribution in [0.3, 0.4) is 0 Å². The monoisotopic (exact) mass is 234 g/mol. The molecule has 2 aliphatic rings. The number of fused-ring (bicyclic) bond motifs is 1. The molecule has 1 nitrogen and oxygen atoms in total. The molecule has 1 heteroatoms. The lowest BCUT2D eigenvalue weighted by Crippen LogP contribution is -2.48. The summed E-state index contributed by atoms with van der Waals surface area (Å²) in [5.41, 5.74) is 2.06. The quantitative estimate of drug-likeness (QED) is 0.728. The number of hydrogen-bond acceptors (Lipinski definition) is 1. The highest BCUT2D eigenvalue weighted by atomic mass is 16.3. The lowest BCUT2D eigenvalue weighted by atomic mass is 9.58. The second-order valence-electron chi connectivity index (χ2n) is 6.64. The molecule has 1 N–H and O–H groups in total. The molecule has 1 fully saturated rings. The molecule has 17 heavy (non-hydrogen) atoms. The molecular weight excluding hydrogens is 208 g/mol. The van der Waals surface area contributed by atoms with Gasteiger partial charge in [0.15, 0.2) is 0 Å². The smallest absolute Gasteiger partial charge is 0.0656 e. The molecular formula is C16H26O. The van der Waals surface area contributed by atoms with E-state index in [0.29, 0.717) is 17.8 Å². The van der Waals surface area contributed by atoms with E-state index < -0.39 is 5.60 Å². The van der Waals surface area contributed by atoms with Gasteiger partial charge in [-0.1, -0.05) is 37.6 Å². The van der Waals surface area contributed by atoms with Crippen molar-refractivity contribution in [2.75, 3.05) is 0 Å². The van der Waals surface area contributed by atoms with Gasteiger partial charge in [-0.05, 0) is 56.8 Å². The summed E-state index contributed by atoms with van der Waals surface area (Å²) in [6, 6.07) is 0. The highest BCUT2D eigenvalue weighted by molar-refractivity contribution is 5.32. The normalized spacial score (nSPS) is 42.4. The summed E-state index contributed by atoms with van der Waals surface area (Å²) in [5, 5.41) is 10.6. The van der Waals surface area contributed by atoms with Crippen molar-refractivity contribution in [2.45, 2.75) is 52.6 Å². The van der Waals surface area contributed by atoms with E-state index >= 15 is 0 Å². The molecule has 0 saturated heterocycles. The standard InChI is InChI=1S/C16H26O/c1-10(2)13-6-7-16(5,17)15-9-12(4)11(3)8-14(13)15/h8,10,13-15,17H,4,6-7,9H2,1-3,5H3. The van der Waals surface area contributed by atoms with Crippen LogP contribution in [0.15, 0.2) is 23.8 Å². The Hall–Kier alpha value is -0.560. The summed E-state index contributed by atoms with van der Waals surface area (Å²) in [6.45, 7) is 13.0. The Morgan fingerprint density at radius 1 is 1.47 bits per heavy atom. The molecule has 0 aliphatic heterocycles. The predicted octanol–water partition coefficient (Wildman–Crippen LogP) is 3.94. The SMILES string of the molecule is C=C1CC2C(C=C1C)C(C(C)C)CCC2(C)O.